The van der Waals surface area contributed by atoms with E-state index in [0.29, 0.717) is 5.69 Å². The molecular weight excluding hydrogens is 272 g/mol. The van der Waals surface area contributed by atoms with Crippen molar-refractivity contribution in [2.24, 2.45) is 0 Å². The fourth-order valence-corrected chi connectivity index (χ4v) is 2.65. The third-order valence-corrected chi connectivity index (χ3v) is 3.76. The van der Waals surface area contributed by atoms with Gasteiger partial charge in [0.1, 0.15) is 5.69 Å². The van der Waals surface area contributed by atoms with Crippen molar-refractivity contribution in [2.45, 2.75) is 19.9 Å². The lowest BCUT2D eigenvalue weighted by Crippen LogP contribution is -2.27. The van der Waals surface area contributed by atoms with E-state index in [9.17, 15) is 4.79 Å². The second kappa shape index (κ2) is 5.98. The van der Waals surface area contributed by atoms with E-state index in [0.717, 1.165) is 16.6 Å². The van der Waals surface area contributed by atoms with Gasteiger partial charge in [-0.05, 0) is 42.3 Å². The van der Waals surface area contributed by atoms with Gasteiger partial charge in [0.15, 0.2) is 0 Å². The van der Waals surface area contributed by atoms with Crippen LogP contribution in [-0.4, -0.2) is 10.9 Å². The van der Waals surface area contributed by atoms with Gasteiger partial charge in [-0.1, -0.05) is 48.5 Å². The molecule has 1 heterocycles. The van der Waals surface area contributed by atoms with E-state index in [1.165, 1.54) is 5.39 Å². The van der Waals surface area contributed by atoms with E-state index >= 15 is 0 Å². The molecule has 1 aromatic heterocycles. The Morgan fingerprint density at radius 3 is 2.55 bits per heavy atom. The van der Waals surface area contributed by atoms with Crippen molar-refractivity contribution in [3.63, 3.8) is 0 Å². The molecule has 3 nitrogen and oxygen atoms in total. The molecule has 22 heavy (non-hydrogen) atoms. The number of aryl methyl sites for hydroxylation is 1. The average molecular weight is 290 g/mol. The van der Waals surface area contributed by atoms with Crippen molar-refractivity contribution in [2.75, 3.05) is 0 Å². The Labute approximate surface area is 130 Å². The van der Waals surface area contributed by atoms with Gasteiger partial charge < -0.3 is 5.32 Å². The van der Waals surface area contributed by atoms with Gasteiger partial charge in [-0.15, -0.1) is 0 Å². The average Bonchev–Trinajstić information content (AvgIpc) is 2.54. The summed E-state index contributed by atoms with van der Waals surface area (Å²) in [6, 6.07) is 19.7. The first-order chi connectivity index (χ1) is 10.6. The van der Waals surface area contributed by atoms with Gasteiger partial charge in [-0.25, -0.2) is 4.98 Å². The van der Waals surface area contributed by atoms with Crippen LogP contribution in [-0.2, 0) is 0 Å². The molecule has 3 aromatic rings. The maximum absolute atomic E-state index is 12.3. The normalized spacial score (nSPS) is 12.1. The Balaban J connectivity index is 1.87. The first-order valence-electron chi connectivity index (χ1n) is 7.37. The van der Waals surface area contributed by atoms with Crippen molar-refractivity contribution < 1.29 is 4.79 Å². The fourth-order valence-electron chi connectivity index (χ4n) is 2.65. The number of carbonyl (C=O) groups is 1. The maximum Gasteiger partial charge on any atom is 0.270 e. The molecule has 1 amide bonds. The van der Waals surface area contributed by atoms with Crippen LogP contribution in [0.25, 0.3) is 10.8 Å². The second-order valence-corrected chi connectivity index (χ2v) is 5.43. The molecule has 3 heteroatoms. The van der Waals surface area contributed by atoms with Crippen LogP contribution < -0.4 is 5.32 Å². The number of pyridine rings is 1. The minimum atomic E-state index is -0.149. The number of carbonyl (C=O) groups excluding carboxylic acids is 1. The molecular formula is C19H18N2O. The first-order valence-corrected chi connectivity index (χ1v) is 7.37. The molecule has 1 unspecified atom stereocenters. The van der Waals surface area contributed by atoms with Crippen molar-refractivity contribution in [3.05, 3.63) is 77.6 Å². The largest absolute Gasteiger partial charge is 0.344 e. The van der Waals surface area contributed by atoms with Gasteiger partial charge in [0, 0.05) is 5.69 Å². The molecule has 0 aliphatic heterocycles. The highest BCUT2D eigenvalue weighted by molar-refractivity contribution is 5.93. The summed E-state index contributed by atoms with van der Waals surface area (Å²) in [4.78, 5) is 16.6. The van der Waals surface area contributed by atoms with Crippen LogP contribution in [0.3, 0.4) is 0 Å². The highest BCUT2D eigenvalue weighted by Gasteiger charge is 2.14. The molecule has 0 aliphatic rings. The van der Waals surface area contributed by atoms with Gasteiger partial charge in [-0.3, -0.25) is 4.79 Å². The summed E-state index contributed by atoms with van der Waals surface area (Å²) in [6.45, 7) is 3.88. The summed E-state index contributed by atoms with van der Waals surface area (Å²) in [7, 11) is 0. The number of hydrogen-bond acceptors (Lipinski definition) is 2. The van der Waals surface area contributed by atoms with Crippen molar-refractivity contribution in [1.29, 1.82) is 0 Å². The predicted molar refractivity (Wildman–Crippen MR) is 88.8 cm³/mol. The molecule has 2 aromatic carbocycles. The Morgan fingerprint density at radius 1 is 1.00 bits per heavy atom. The number of benzene rings is 2. The van der Waals surface area contributed by atoms with Crippen LogP contribution in [0.4, 0.5) is 0 Å². The van der Waals surface area contributed by atoms with Crippen LogP contribution in [0.1, 0.15) is 34.7 Å². The zero-order valence-corrected chi connectivity index (χ0v) is 12.7. The van der Waals surface area contributed by atoms with E-state index in [1.807, 2.05) is 44.2 Å². The molecule has 0 bridgehead atoms. The second-order valence-electron chi connectivity index (χ2n) is 5.43. The van der Waals surface area contributed by atoms with Gasteiger partial charge in [0.05, 0.1) is 6.04 Å². The van der Waals surface area contributed by atoms with Crippen molar-refractivity contribution in [1.82, 2.24) is 10.3 Å². The van der Waals surface area contributed by atoms with Crippen LogP contribution in [0, 0.1) is 6.92 Å². The molecule has 0 spiro atoms. The molecule has 0 saturated carbocycles. The topological polar surface area (TPSA) is 42.0 Å². The molecule has 0 radical (unpaired) electrons. The zero-order chi connectivity index (χ0) is 15.5. The van der Waals surface area contributed by atoms with Crippen LogP contribution in [0.2, 0.25) is 0 Å². The molecule has 0 saturated heterocycles. The lowest BCUT2D eigenvalue weighted by molar-refractivity contribution is 0.0935. The molecule has 0 fully saturated rings. The molecule has 1 N–H and O–H groups in total. The molecule has 0 aliphatic carbocycles. The summed E-state index contributed by atoms with van der Waals surface area (Å²) >= 11 is 0. The zero-order valence-electron chi connectivity index (χ0n) is 12.7. The Bertz CT molecular complexity index is 821. The quantitative estimate of drug-likeness (QED) is 0.791. The first kappa shape index (κ1) is 14.3. The number of amides is 1. The van der Waals surface area contributed by atoms with E-state index < -0.39 is 0 Å². The number of fused-ring (bicyclic) bond motifs is 1. The summed E-state index contributed by atoms with van der Waals surface area (Å²) < 4.78 is 0. The Hall–Kier alpha value is -2.68. The molecule has 1 atom stereocenters. The van der Waals surface area contributed by atoms with Crippen molar-refractivity contribution >= 4 is 16.7 Å². The third-order valence-electron chi connectivity index (χ3n) is 3.76. The number of rotatable bonds is 3. The third kappa shape index (κ3) is 2.84. The van der Waals surface area contributed by atoms with Gasteiger partial charge in [0.25, 0.3) is 5.91 Å². The highest BCUT2D eigenvalue weighted by Crippen LogP contribution is 2.24. The SMILES string of the molecule is Cc1cccc(C(=O)NC(C)c2cccc3ccccc23)n1. The number of aromatic nitrogens is 1. The van der Waals surface area contributed by atoms with E-state index in [-0.39, 0.29) is 11.9 Å². The Kier molecular flexibility index (Phi) is 3.88. The van der Waals surface area contributed by atoms with Crippen LogP contribution in [0.15, 0.2) is 60.7 Å². The monoisotopic (exact) mass is 290 g/mol. The lowest BCUT2D eigenvalue weighted by atomic mass is 9.99. The van der Waals surface area contributed by atoms with E-state index in [1.54, 1.807) is 6.07 Å². The molecule has 110 valence electrons. The van der Waals surface area contributed by atoms with Crippen LogP contribution >= 0.6 is 0 Å². The van der Waals surface area contributed by atoms with Crippen LogP contribution in [0.5, 0.6) is 0 Å². The standard InChI is InChI=1S/C19H18N2O/c1-13-7-5-12-18(20-13)19(22)21-14(2)16-11-6-9-15-8-3-4-10-17(15)16/h3-12,14H,1-2H3,(H,21,22). The highest BCUT2D eigenvalue weighted by atomic mass is 16.1. The maximum atomic E-state index is 12.3. The predicted octanol–water partition coefficient (Wildman–Crippen LogP) is 4.03. The minimum Gasteiger partial charge on any atom is -0.344 e. The number of nitrogens with one attached hydrogen (secondary N) is 1. The number of nitrogens with zero attached hydrogens (tertiary/aromatic N) is 1. The summed E-state index contributed by atoms with van der Waals surface area (Å²) in [5, 5.41) is 5.37. The molecule has 3 rings (SSSR count). The minimum absolute atomic E-state index is 0.0825. The lowest BCUT2D eigenvalue weighted by Gasteiger charge is -2.16. The summed E-state index contributed by atoms with van der Waals surface area (Å²) in [5.41, 5.74) is 2.40. The fraction of sp³-hybridized carbons (Fsp3) is 0.158. The summed E-state index contributed by atoms with van der Waals surface area (Å²) in [5.74, 6) is -0.149. The smallest absolute Gasteiger partial charge is 0.270 e. The van der Waals surface area contributed by atoms with E-state index in [4.69, 9.17) is 0 Å². The summed E-state index contributed by atoms with van der Waals surface area (Å²) in [6.07, 6.45) is 0. The van der Waals surface area contributed by atoms with Gasteiger partial charge >= 0.3 is 0 Å². The number of hydrogen-bond donors (Lipinski definition) is 1. The van der Waals surface area contributed by atoms with Gasteiger partial charge in [-0.2, -0.15) is 0 Å². The van der Waals surface area contributed by atoms with E-state index in [2.05, 4.69) is 34.6 Å². The Morgan fingerprint density at radius 2 is 1.73 bits per heavy atom. The van der Waals surface area contributed by atoms with Gasteiger partial charge in [0.2, 0.25) is 0 Å². The van der Waals surface area contributed by atoms with Crippen molar-refractivity contribution in [3.8, 4) is 0 Å².